The van der Waals surface area contributed by atoms with Crippen LogP contribution in [0.2, 0.25) is 0 Å². The summed E-state index contributed by atoms with van der Waals surface area (Å²) in [5.74, 6) is 0.736. The number of nitrogens with one attached hydrogen (secondary N) is 1. The molecule has 1 aromatic rings. The Kier molecular flexibility index (Phi) is 5.65. The molecule has 0 bridgehead atoms. The number of unbranched alkanes of at least 4 members (excludes halogenated alkanes) is 1. The number of rotatable bonds is 7. The molecule has 2 atom stereocenters. The van der Waals surface area contributed by atoms with Crippen molar-refractivity contribution < 1.29 is 5.11 Å². The van der Waals surface area contributed by atoms with Crippen molar-refractivity contribution in [2.75, 3.05) is 31.6 Å². The SMILES string of the molecule is CNC(C)(CO)CCCCN1CC(C)Cc2ccccc21. The van der Waals surface area contributed by atoms with Gasteiger partial charge in [0, 0.05) is 24.3 Å². The highest BCUT2D eigenvalue weighted by Crippen LogP contribution is 2.29. The molecule has 3 nitrogen and oxygen atoms in total. The molecular weight excluding hydrogens is 260 g/mol. The average Bonchev–Trinajstić information content (AvgIpc) is 2.51. The monoisotopic (exact) mass is 290 g/mol. The Bertz CT molecular complexity index is 443. The Morgan fingerprint density at radius 1 is 1.33 bits per heavy atom. The quantitative estimate of drug-likeness (QED) is 0.758. The fraction of sp³-hybridized carbons (Fsp3) is 0.667. The molecule has 118 valence electrons. The molecule has 21 heavy (non-hydrogen) atoms. The molecule has 3 heteroatoms. The Hall–Kier alpha value is -1.06. The van der Waals surface area contributed by atoms with E-state index in [1.807, 2.05) is 7.05 Å². The minimum absolute atomic E-state index is 0.132. The second-order valence-corrected chi connectivity index (χ2v) is 6.81. The van der Waals surface area contributed by atoms with Gasteiger partial charge in [-0.15, -0.1) is 0 Å². The molecule has 0 aliphatic carbocycles. The summed E-state index contributed by atoms with van der Waals surface area (Å²) in [5, 5.41) is 12.7. The fourth-order valence-corrected chi connectivity index (χ4v) is 3.22. The standard InChI is InChI=1S/C18H30N2O/c1-15-12-16-8-4-5-9-17(16)20(13-15)11-7-6-10-18(2,14-21)19-3/h4-5,8-9,15,19,21H,6-7,10-14H2,1-3H3. The van der Waals surface area contributed by atoms with Gasteiger partial charge in [0.2, 0.25) is 0 Å². The van der Waals surface area contributed by atoms with Gasteiger partial charge < -0.3 is 15.3 Å². The maximum atomic E-state index is 9.43. The highest BCUT2D eigenvalue weighted by molar-refractivity contribution is 5.55. The molecule has 2 N–H and O–H groups in total. The third kappa shape index (κ3) is 4.21. The molecule has 0 radical (unpaired) electrons. The molecule has 0 fully saturated rings. The van der Waals surface area contributed by atoms with Gasteiger partial charge in [-0.3, -0.25) is 0 Å². The van der Waals surface area contributed by atoms with Crippen LogP contribution in [0.15, 0.2) is 24.3 Å². The molecule has 1 aliphatic rings. The highest BCUT2D eigenvalue weighted by atomic mass is 16.3. The van der Waals surface area contributed by atoms with Crippen LogP contribution in [-0.2, 0) is 6.42 Å². The summed E-state index contributed by atoms with van der Waals surface area (Å²) in [5.41, 5.74) is 2.79. The van der Waals surface area contributed by atoms with Crippen molar-refractivity contribution in [3.05, 3.63) is 29.8 Å². The van der Waals surface area contributed by atoms with E-state index in [4.69, 9.17) is 0 Å². The third-order valence-electron chi connectivity index (χ3n) is 4.79. The van der Waals surface area contributed by atoms with Crippen molar-refractivity contribution in [2.24, 2.45) is 5.92 Å². The van der Waals surface area contributed by atoms with Crippen molar-refractivity contribution in [2.45, 2.75) is 45.1 Å². The molecule has 2 unspecified atom stereocenters. The van der Waals surface area contributed by atoms with E-state index in [1.54, 1.807) is 0 Å². The predicted molar refractivity (Wildman–Crippen MR) is 89.9 cm³/mol. The van der Waals surface area contributed by atoms with E-state index in [-0.39, 0.29) is 12.1 Å². The lowest BCUT2D eigenvalue weighted by Crippen LogP contribution is -2.43. The van der Waals surface area contributed by atoms with E-state index in [0.717, 1.165) is 25.3 Å². The van der Waals surface area contributed by atoms with Crippen LogP contribution in [0.3, 0.4) is 0 Å². The van der Waals surface area contributed by atoms with Crippen molar-refractivity contribution in [3.8, 4) is 0 Å². The van der Waals surface area contributed by atoms with Crippen LogP contribution in [-0.4, -0.2) is 37.4 Å². The molecular formula is C18H30N2O. The van der Waals surface area contributed by atoms with Gasteiger partial charge in [0.1, 0.15) is 0 Å². The van der Waals surface area contributed by atoms with Gasteiger partial charge in [-0.05, 0) is 57.2 Å². The van der Waals surface area contributed by atoms with Gasteiger partial charge >= 0.3 is 0 Å². The smallest absolute Gasteiger partial charge is 0.0610 e. The van der Waals surface area contributed by atoms with Gasteiger partial charge in [0.25, 0.3) is 0 Å². The first-order chi connectivity index (χ1) is 10.1. The highest BCUT2D eigenvalue weighted by Gasteiger charge is 2.22. The van der Waals surface area contributed by atoms with Gasteiger partial charge in [-0.25, -0.2) is 0 Å². The van der Waals surface area contributed by atoms with Crippen LogP contribution in [0.25, 0.3) is 0 Å². The molecule has 0 spiro atoms. The van der Waals surface area contributed by atoms with Crippen molar-refractivity contribution in [3.63, 3.8) is 0 Å². The van der Waals surface area contributed by atoms with Crippen LogP contribution in [0, 0.1) is 5.92 Å². The maximum absolute atomic E-state index is 9.43. The number of hydrogen-bond donors (Lipinski definition) is 2. The number of likely N-dealkylation sites (N-methyl/N-ethyl adjacent to an activating group) is 1. The Balaban J connectivity index is 1.86. The number of aliphatic hydroxyl groups excluding tert-OH is 1. The van der Waals surface area contributed by atoms with Gasteiger partial charge in [-0.2, -0.15) is 0 Å². The molecule has 1 aromatic carbocycles. The zero-order valence-corrected chi connectivity index (χ0v) is 13.7. The molecule has 1 heterocycles. The first-order valence-corrected chi connectivity index (χ1v) is 8.20. The Morgan fingerprint density at radius 3 is 2.81 bits per heavy atom. The minimum Gasteiger partial charge on any atom is -0.394 e. The van der Waals surface area contributed by atoms with E-state index in [9.17, 15) is 5.11 Å². The van der Waals surface area contributed by atoms with Crippen molar-refractivity contribution >= 4 is 5.69 Å². The normalized spacial score (nSPS) is 21.0. The minimum atomic E-state index is -0.132. The van der Waals surface area contributed by atoms with Crippen LogP contribution in [0.5, 0.6) is 0 Å². The third-order valence-corrected chi connectivity index (χ3v) is 4.79. The van der Waals surface area contributed by atoms with Crippen LogP contribution < -0.4 is 10.2 Å². The zero-order valence-electron chi connectivity index (χ0n) is 13.7. The summed E-state index contributed by atoms with van der Waals surface area (Å²) in [4.78, 5) is 2.54. The predicted octanol–water partition coefficient (Wildman–Crippen LogP) is 2.83. The molecule has 0 amide bonds. The first-order valence-electron chi connectivity index (χ1n) is 8.20. The number of hydrogen-bond acceptors (Lipinski definition) is 3. The summed E-state index contributed by atoms with van der Waals surface area (Å²) < 4.78 is 0. The molecule has 1 aliphatic heterocycles. The number of para-hydroxylation sites is 1. The first kappa shape index (κ1) is 16.3. The van der Waals surface area contributed by atoms with Crippen LogP contribution >= 0.6 is 0 Å². The van der Waals surface area contributed by atoms with E-state index >= 15 is 0 Å². The van der Waals surface area contributed by atoms with Crippen LogP contribution in [0.4, 0.5) is 5.69 Å². The summed E-state index contributed by atoms with van der Waals surface area (Å²) in [7, 11) is 1.93. The summed E-state index contributed by atoms with van der Waals surface area (Å²) in [6.07, 6.45) is 4.54. The number of anilines is 1. The second-order valence-electron chi connectivity index (χ2n) is 6.81. The van der Waals surface area contributed by atoms with Crippen LogP contribution in [0.1, 0.15) is 38.7 Å². The van der Waals surface area contributed by atoms with E-state index in [2.05, 4.69) is 48.3 Å². The zero-order chi connectivity index (χ0) is 15.3. The second kappa shape index (κ2) is 7.28. The van der Waals surface area contributed by atoms with E-state index in [1.165, 1.54) is 30.6 Å². The maximum Gasteiger partial charge on any atom is 0.0610 e. The van der Waals surface area contributed by atoms with Crippen molar-refractivity contribution in [1.82, 2.24) is 5.32 Å². The Morgan fingerprint density at radius 2 is 2.10 bits per heavy atom. The number of fused-ring (bicyclic) bond motifs is 1. The van der Waals surface area contributed by atoms with Gasteiger partial charge in [0.05, 0.1) is 6.61 Å². The number of benzene rings is 1. The van der Waals surface area contributed by atoms with E-state index in [0.29, 0.717) is 0 Å². The Labute approximate surface area is 129 Å². The molecule has 0 saturated carbocycles. The fourth-order valence-electron chi connectivity index (χ4n) is 3.22. The molecule has 0 aromatic heterocycles. The van der Waals surface area contributed by atoms with Crippen molar-refractivity contribution in [1.29, 1.82) is 0 Å². The van der Waals surface area contributed by atoms with E-state index < -0.39 is 0 Å². The van der Waals surface area contributed by atoms with Gasteiger partial charge in [0.15, 0.2) is 0 Å². The topological polar surface area (TPSA) is 35.5 Å². The molecule has 2 rings (SSSR count). The molecule has 0 saturated heterocycles. The largest absolute Gasteiger partial charge is 0.394 e. The lowest BCUT2D eigenvalue weighted by molar-refractivity contribution is 0.171. The van der Waals surface area contributed by atoms with Gasteiger partial charge in [-0.1, -0.05) is 25.1 Å². The summed E-state index contributed by atoms with van der Waals surface area (Å²) in [6.45, 7) is 6.91. The summed E-state index contributed by atoms with van der Waals surface area (Å²) >= 11 is 0. The number of aliphatic hydroxyl groups is 1. The average molecular weight is 290 g/mol. The summed E-state index contributed by atoms with van der Waals surface area (Å²) in [6, 6.07) is 8.81. The lowest BCUT2D eigenvalue weighted by Gasteiger charge is -2.35. The number of nitrogens with zero attached hydrogens (tertiary/aromatic N) is 1. The lowest BCUT2D eigenvalue weighted by atomic mass is 9.93.